The number of carbonyl (C=O) groups is 1. The third-order valence-corrected chi connectivity index (χ3v) is 5.29. The third kappa shape index (κ3) is 4.35. The standard InChI is InChI=1S/C20H31N3O3/c1-3-14-25-17-6-5-13-23(15-17)19(24)20(8-11-21-12-9-20)26-18-7-4-10-22-16(18)2/h4,7,10,17,21H,3,5-6,8-9,11-15H2,1-2H3. The van der Waals surface area contributed by atoms with Crippen LogP contribution >= 0.6 is 0 Å². The number of hydrogen-bond donors (Lipinski definition) is 1. The molecule has 2 aliphatic rings. The predicted octanol–water partition coefficient (Wildman–Crippen LogP) is 2.31. The third-order valence-electron chi connectivity index (χ3n) is 5.29. The fourth-order valence-corrected chi connectivity index (χ4v) is 3.81. The van der Waals surface area contributed by atoms with Crippen molar-refractivity contribution in [2.75, 3.05) is 32.8 Å². The van der Waals surface area contributed by atoms with E-state index in [0.29, 0.717) is 25.1 Å². The molecule has 144 valence electrons. The van der Waals surface area contributed by atoms with Crippen LogP contribution in [0.2, 0.25) is 0 Å². The van der Waals surface area contributed by atoms with Crippen molar-refractivity contribution < 1.29 is 14.3 Å². The van der Waals surface area contributed by atoms with E-state index in [4.69, 9.17) is 9.47 Å². The Balaban J connectivity index is 1.76. The van der Waals surface area contributed by atoms with Crippen LogP contribution in [0.1, 0.15) is 44.7 Å². The fourth-order valence-electron chi connectivity index (χ4n) is 3.81. The van der Waals surface area contributed by atoms with Crippen LogP contribution in [0.3, 0.4) is 0 Å². The average molecular weight is 361 g/mol. The Morgan fingerprint density at radius 2 is 2.23 bits per heavy atom. The molecule has 26 heavy (non-hydrogen) atoms. The van der Waals surface area contributed by atoms with Crippen LogP contribution in [-0.2, 0) is 9.53 Å². The molecule has 0 radical (unpaired) electrons. The minimum absolute atomic E-state index is 0.104. The molecule has 3 rings (SSSR count). The SMILES string of the molecule is CCCOC1CCCN(C(=O)C2(Oc3cccnc3C)CCNCC2)C1. The van der Waals surface area contributed by atoms with Crippen LogP contribution in [0, 0.1) is 6.92 Å². The Bertz CT molecular complexity index is 602. The van der Waals surface area contributed by atoms with E-state index >= 15 is 0 Å². The Labute approximate surface area is 156 Å². The Morgan fingerprint density at radius 1 is 1.42 bits per heavy atom. The summed E-state index contributed by atoms with van der Waals surface area (Å²) in [5, 5.41) is 3.34. The molecule has 2 fully saturated rings. The number of amides is 1. The van der Waals surface area contributed by atoms with Gasteiger partial charge in [-0.1, -0.05) is 6.92 Å². The van der Waals surface area contributed by atoms with E-state index in [-0.39, 0.29) is 12.0 Å². The largest absolute Gasteiger partial charge is 0.475 e. The highest BCUT2D eigenvalue weighted by atomic mass is 16.5. The second-order valence-electron chi connectivity index (χ2n) is 7.32. The summed E-state index contributed by atoms with van der Waals surface area (Å²) in [7, 11) is 0. The van der Waals surface area contributed by atoms with Crippen LogP contribution in [0.4, 0.5) is 0 Å². The molecule has 1 aromatic rings. The Morgan fingerprint density at radius 3 is 2.96 bits per heavy atom. The molecule has 1 amide bonds. The van der Waals surface area contributed by atoms with Crippen molar-refractivity contribution in [3.63, 3.8) is 0 Å². The van der Waals surface area contributed by atoms with Gasteiger partial charge in [0.1, 0.15) is 5.75 Å². The first-order chi connectivity index (χ1) is 12.6. The van der Waals surface area contributed by atoms with Gasteiger partial charge in [0.25, 0.3) is 5.91 Å². The molecule has 2 aliphatic heterocycles. The molecule has 0 spiro atoms. The van der Waals surface area contributed by atoms with Gasteiger partial charge in [-0.3, -0.25) is 9.78 Å². The second kappa shape index (κ2) is 8.82. The first-order valence-corrected chi connectivity index (χ1v) is 9.87. The highest BCUT2D eigenvalue weighted by Gasteiger charge is 2.45. The minimum atomic E-state index is -0.800. The number of aryl methyl sites for hydroxylation is 1. The number of nitrogens with zero attached hydrogens (tertiary/aromatic N) is 2. The molecule has 3 heterocycles. The summed E-state index contributed by atoms with van der Waals surface area (Å²) in [5.41, 5.74) is 0.0205. The molecule has 0 bridgehead atoms. The van der Waals surface area contributed by atoms with E-state index in [1.165, 1.54) is 0 Å². The summed E-state index contributed by atoms with van der Waals surface area (Å²) in [4.78, 5) is 19.8. The molecule has 6 nitrogen and oxygen atoms in total. The first kappa shape index (κ1) is 19.1. The zero-order valence-electron chi connectivity index (χ0n) is 16.0. The fraction of sp³-hybridized carbons (Fsp3) is 0.700. The first-order valence-electron chi connectivity index (χ1n) is 9.87. The summed E-state index contributed by atoms with van der Waals surface area (Å²) in [5.74, 6) is 0.811. The number of carbonyl (C=O) groups excluding carboxylic acids is 1. The van der Waals surface area contributed by atoms with E-state index in [2.05, 4.69) is 17.2 Å². The molecule has 6 heteroatoms. The summed E-state index contributed by atoms with van der Waals surface area (Å²) in [6, 6.07) is 3.76. The number of pyridine rings is 1. The lowest BCUT2D eigenvalue weighted by atomic mass is 9.89. The number of hydrogen-bond acceptors (Lipinski definition) is 5. The zero-order chi connectivity index (χ0) is 18.4. The van der Waals surface area contributed by atoms with Crippen LogP contribution < -0.4 is 10.1 Å². The van der Waals surface area contributed by atoms with E-state index in [1.54, 1.807) is 6.20 Å². The topological polar surface area (TPSA) is 63.7 Å². The minimum Gasteiger partial charge on any atom is -0.475 e. The van der Waals surface area contributed by atoms with Crippen LogP contribution in [0.5, 0.6) is 5.75 Å². The Hall–Kier alpha value is -1.66. The molecule has 0 saturated carbocycles. The van der Waals surface area contributed by atoms with Crippen LogP contribution in [0.25, 0.3) is 0 Å². The lowest BCUT2D eigenvalue weighted by Crippen LogP contribution is -2.59. The van der Waals surface area contributed by atoms with Crippen molar-refractivity contribution >= 4 is 5.91 Å². The zero-order valence-corrected chi connectivity index (χ0v) is 16.0. The van der Waals surface area contributed by atoms with Gasteiger partial charge in [0, 0.05) is 38.7 Å². The summed E-state index contributed by atoms with van der Waals surface area (Å²) < 4.78 is 12.3. The maximum Gasteiger partial charge on any atom is 0.266 e. The number of nitrogens with one attached hydrogen (secondary N) is 1. The molecule has 1 aromatic heterocycles. The summed E-state index contributed by atoms with van der Waals surface area (Å²) in [6.45, 7) is 7.82. The molecule has 0 aliphatic carbocycles. The van der Waals surface area contributed by atoms with E-state index in [9.17, 15) is 4.79 Å². The molecule has 0 aromatic carbocycles. The van der Waals surface area contributed by atoms with Gasteiger partial charge in [-0.25, -0.2) is 0 Å². The van der Waals surface area contributed by atoms with Crippen molar-refractivity contribution in [1.82, 2.24) is 15.2 Å². The molecular formula is C20H31N3O3. The lowest BCUT2D eigenvalue weighted by Gasteiger charge is -2.42. The van der Waals surface area contributed by atoms with Gasteiger partial charge in [-0.15, -0.1) is 0 Å². The van der Waals surface area contributed by atoms with Gasteiger partial charge >= 0.3 is 0 Å². The Kier molecular flexibility index (Phi) is 6.48. The smallest absolute Gasteiger partial charge is 0.266 e. The van der Waals surface area contributed by atoms with Gasteiger partial charge in [0.15, 0.2) is 5.60 Å². The number of piperidine rings is 2. The molecule has 1 atom stereocenters. The average Bonchev–Trinajstić information content (AvgIpc) is 2.68. The normalized spacial score (nSPS) is 22.8. The molecule has 2 saturated heterocycles. The van der Waals surface area contributed by atoms with Crippen molar-refractivity contribution in [3.8, 4) is 5.75 Å². The molecular weight excluding hydrogens is 330 g/mol. The summed E-state index contributed by atoms with van der Waals surface area (Å²) >= 11 is 0. The number of rotatable bonds is 6. The van der Waals surface area contributed by atoms with Crippen LogP contribution in [-0.4, -0.2) is 60.3 Å². The van der Waals surface area contributed by atoms with Gasteiger partial charge in [-0.05, 0) is 51.4 Å². The van der Waals surface area contributed by atoms with Crippen molar-refractivity contribution in [2.45, 2.75) is 57.7 Å². The number of aromatic nitrogens is 1. The van der Waals surface area contributed by atoms with Crippen molar-refractivity contribution in [1.29, 1.82) is 0 Å². The molecule has 1 N–H and O–H groups in total. The van der Waals surface area contributed by atoms with Crippen molar-refractivity contribution in [3.05, 3.63) is 24.0 Å². The van der Waals surface area contributed by atoms with Gasteiger partial charge in [0.05, 0.1) is 11.8 Å². The van der Waals surface area contributed by atoms with Crippen LogP contribution in [0.15, 0.2) is 18.3 Å². The van der Waals surface area contributed by atoms with Gasteiger partial charge in [-0.2, -0.15) is 0 Å². The molecule has 1 unspecified atom stereocenters. The lowest BCUT2D eigenvalue weighted by molar-refractivity contribution is -0.154. The van der Waals surface area contributed by atoms with Gasteiger partial charge < -0.3 is 19.7 Å². The maximum absolute atomic E-state index is 13.5. The monoisotopic (exact) mass is 361 g/mol. The number of likely N-dealkylation sites (tertiary alicyclic amines) is 1. The van der Waals surface area contributed by atoms with E-state index in [0.717, 1.165) is 51.2 Å². The van der Waals surface area contributed by atoms with E-state index < -0.39 is 5.60 Å². The predicted molar refractivity (Wildman–Crippen MR) is 100 cm³/mol. The van der Waals surface area contributed by atoms with Gasteiger partial charge in [0.2, 0.25) is 0 Å². The maximum atomic E-state index is 13.5. The highest BCUT2D eigenvalue weighted by molar-refractivity contribution is 5.86. The summed E-state index contributed by atoms with van der Waals surface area (Å²) in [6.07, 6.45) is 6.27. The van der Waals surface area contributed by atoms with Crippen molar-refractivity contribution in [2.24, 2.45) is 0 Å². The second-order valence-corrected chi connectivity index (χ2v) is 7.32. The highest BCUT2D eigenvalue weighted by Crippen LogP contribution is 2.31. The quantitative estimate of drug-likeness (QED) is 0.842. The van der Waals surface area contributed by atoms with E-state index in [1.807, 2.05) is 24.0 Å². The number of ether oxygens (including phenoxy) is 2.